The SMILES string of the molecule is CC(=O)[C@]1(O)Cc2c(O)c3c(c(O)c2[C@]2(C1)OC1CC(N)C(O)C2(C)O1)C(=O)c1ccccc1C3=O. The van der Waals surface area contributed by atoms with Gasteiger partial charge in [0.1, 0.15) is 34.4 Å². The molecular formula is C26H25NO9. The van der Waals surface area contributed by atoms with Crippen LogP contribution in [0.25, 0.3) is 0 Å². The molecule has 0 saturated carbocycles. The first kappa shape index (κ1) is 23.3. The van der Waals surface area contributed by atoms with Crippen LogP contribution in [0.2, 0.25) is 0 Å². The number of phenols is 2. The molecule has 6 N–H and O–H groups in total. The maximum atomic E-state index is 13.5. The highest BCUT2D eigenvalue weighted by Crippen LogP contribution is 2.63. The summed E-state index contributed by atoms with van der Waals surface area (Å²) in [5.41, 5.74) is -0.452. The minimum atomic E-state index is -2.10. The van der Waals surface area contributed by atoms with Crippen LogP contribution in [0.5, 0.6) is 11.5 Å². The number of phenolic OH excluding ortho intramolecular Hbond substituents is 2. The molecule has 10 heteroatoms. The molecule has 0 amide bonds. The molecule has 2 fully saturated rings. The van der Waals surface area contributed by atoms with Gasteiger partial charge in [-0.25, -0.2) is 0 Å². The number of benzene rings is 2. The fraction of sp³-hybridized carbons (Fsp3) is 0.423. The summed E-state index contributed by atoms with van der Waals surface area (Å²) in [7, 11) is 0. The predicted molar refractivity (Wildman–Crippen MR) is 122 cm³/mol. The van der Waals surface area contributed by atoms with Gasteiger partial charge >= 0.3 is 0 Å². The molecule has 10 nitrogen and oxygen atoms in total. The van der Waals surface area contributed by atoms with Crippen LogP contribution in [-0.4, -0.2) is 67.4 Å². The van der Waals surface area contributed by atoms with Gasteiger partial charge in [-0.1, -0.05) is 24.3 Å². The van der Waals surface area contributed by atoms with E-state index in [2.05, 4.69) is 0 Å². The molecule has 4 aliphatic rings. The van der Waals surface area contributed by atoms with E-state index < -0.39 is 88.1 Å². The van der Waals surface area contributed by atoms with Gasteiger partial charge in [0.15, 0.2) is 23.6 Å². The highest BCUT2D eigenvalue weighted by atomic mass is 16.8. The fourth-order valence-electron chi connectivity index (χ4n) is 6.50. The molecule has 0 radical (unpaired) electrons. The van der Waals surface area contributed by atoms with Gasteiger partial charge in [-0.15, -0.1) is 0 Å². The second kappa shape index (κ2) is 6.99. The molecule has 1 spiro atoms. The monoisotopic (exact) mass is 495 g/mol. The van der Waals surface area contributed by atoms with Crippen molar-refractivity contribution >= 4 is 17.3 Å². The average Bonchev–Trinajstić information content (AvgIpc) is 3.06. The van der Waals surface area contributed by atoms with Gasteiger partial charge in [0.25, 0.3) is 0 Å². The molecule has 36 heavy (non-hydrogen) atoms. The van der Waals surface area contributed by atoms with Crippen molar-refractivity contribution in [2.45, 2.75) is 68.3 Å². The van der Waals surface area contributed by atoms with Gasteiger partial charge in [0.2, 0.25) is 0 Å². The molecule has 2 bridgehead atoms. The van der Waals surface area contributed by atoms with E-state index in [1.165, 1.54) is 26.0 Å². The molecule has 6 rings (SSSR count). The fourth-order valence-corrected chi connectivity index (χ4v) is 6.50. The number of fused-ring (bicyclic) bond motifs is 7. The third-order valence-electron chi connectivity index (χ3n) is 8.43. The Labute approximate surface area is 205 Å². The minimum absolute atomic E-state index is 0.0571. The summed E-state index contributed by atoms with van der Waals surface area (Å²) in [4.78, 5) is 39.6. The third kappa shape index (κ3) is 2.55. The highest BCUT2D eigenvalue weighted by Gasteiger charge is 2.71. The van der Waals surface area contributed by atoms with Crippen molar-refractivity contribution in [2.75, 3.05) is 0 Å². The topological polar surface area (TPSA) is 177 Å². The summed E-state index contributed by atoms with van der Waals surface area (Å²) in [5, 5.41) is 45.7. The molecule has 2 aromatic carbocycles. The number of carbonyl (C=O) groups excluding carboxylic acids is 3. The maximum Gasteiger partial charge on any atom is 0.198 e. The number of aliphatic hydroxyl groups excluding tert-OH is 1. The summed E-state index contributed by atoms with van der Waals surface area (Å²) in [6, 6.07) is 5.26. The van der Waals surface area contributed by atoms with Gasteiger partial charge in [0.05, 0.1) is 11.1 Å². The van der Waals surface area contributed by atoms with E-state index in [0.29, 0.717) is 0 Å². The molecule has 2 aliphatic heterocycles. The predicted octanol–water partition coefficient (Wildman–Crippen LogP) is 0.558. The maximum absolute atomic E-state index is 13.5. The van der Waals surface area contributed by atoms with E-state index in [0.717, 1.165) is 0 Å². The van der Waals surface area contributed by atoms with E-state index in [9.17, 15) is 34.8 Å². The Morgan fingerprint density at radius 3 is 2.22 bits per heavy atom. The lowest BCUT2D eigenvalue weighted by Gasteiger charge is -2.51. The highest BCUT2D eigenvalue weighted by molar-refractivity contribution is 6.30. The van der Waals surface area contributed by atoms with Crippen LogP contribution in [0.1, 0.15) is 69.7 Å². The second-order valence-electron chi connectivity index (χ2n) is 10.4. The first-order valence-electron chi connectivity index (χ1n) is 11.7. The Hall–Kier alpha value is -3.15. The van der Waals surface area contributed by atoms with Crippen molar-refractivity contribution in [1.29, 1.82) is 0 Å². The number of ketones is 3. The largest absolute Gasteiger partial charge is 0.507 e. The van der Waals surface area contributed by atoms with Crippen molar-refractivity contribution in [3.05, 3.63) is 57.6 Å². The van der Waals surface area contributed by atoms with Gasteiger partial charge in [0, 0.05) is 47.6 Å². The number of nitrogens with two attached hydrogens (primary N) is 1. The van der Waals surface area contributed by atoms with E-state index in [1.807, 2.05) is 0 Å². The average molecular weight is 495 g/mol. The molecule has 2 saturated heterocycles. The van der Waals surface area contributed by atoms with E-state index in [-0.39, 0.29) is 28.7 Å². The number of ether oxygens (including phenoxy) is 2. The Balaban J connectivity index is 1.71. The van der Waals surface area contributed by atoms with Crippen molar-refractivity contribution in [3.63, 3.8) is 0 Å². The van der Waals surface area contributed by atoms with Crippen molar-refractivity contribution in [3.8, 4) is 11.5 Å². The van der Waals surface area contributed by atoms with E-state index in [1.54, 1.807) is 12.1 Å². The molecule has 0 aromatic heterocycles. The number of hydrogen-bond acceptors (Lipinski definition) is 10. The summed E-state index contributed by atoms with van der Waals surface area (Å²) in [6.07, 6.45) is -3.11. The Morgan fingerprint density at radius 1 is 1.06 bits per heavy atom. The first-order chi connectivity index (χ1) is 16.9. The summed E-state index contributed by atoms with van der Waals surface area (Å²) < 4.78 is 12.3. The van der Waals surface area contributed by atoms with E-state index in [4.69, 9.17) is 15.2 Å². The second-order valence-corrected chi connectivity index (χ2v) is 10.4. The standard InChI is InChI=1S/C26H25NO9/c1-10(28)25(34)8-13-18(26(9-25)24(2)23(33)14(27)7-15(35-24)36-26)22(32)17-16(21(13)31)19(29)11-5-3-4-6-12(11)20(17)30/h3-6,14-15,23,31-34H,7-9,27H2,1-2H3/t14?,15?,23?,24?,25-,26-/m0/s1. The number of rotatable bonds is 1. The molecule has 2 aromatic rings. The number of Topliss-reactive ketones (excluding diaryl/α,β-unsaturated/α-hetero) is 1. The van der Waals surface area contributed by atoms with Crippen LogP contribution < -0.4 is 5.73 Å². The van der Waals surface area contributed by atoms with Crippen molar-refractivity contribution < 1.29 is 44.3 Å². The first-order valence-corrected chi connectivity index (χ1v) is 11.7. The van der Waals surface area contributed by atoms with Crippen LogP contribution in [-0.2, 0) is 26.3 Å². The lowest BCUT2D eigenvalue weighted by Crippen LogP contribution is -2.65. The zero-order chi connectivity index (χ0) is 25.9. The smallest absolute Gasteiger partial charge is 0.198 e. The zero-order valence-electron chi connectivity index (χ0n) is 19.6. The minimum Gasteiger partial charge on any atom is -0.507 e. The van der Waals surface area contributed by atoms with Gasteiger partial charge < -0.3 is 35.6 Å². The summed E-state index contributed by atoms with van der Waals surface area (Å²) in [5.74, 6) is -3.28. The van der Waals surface area contributed by atoms with Gasteiger partial charge in [-0.2, -0.15) is 0 Å². The lowest BCUT2D eigenvalue weighted by atomic mass is 9.60. The molecule has 4 unspecified atom stereocenters. The normalized spacial score (nSPS) is 36.4. The summed E-state index contributed by atoms with van der Waals surface area (Å²) >= 11 is 0. The van der Waals surface area contributed by atoms with Crippen LogP contribution in [0.15, 0.2) is 24.3 Å². The number of aliphatic hydroxyl groups is 2. The zero-order valence-corrected chi connectivity index (χ0v) is 19.6. The molecule has 2 heterocycles. The van der Waals surface area contributed by atoms with Crippen molar-refractivity contribution in [1.82, 2.24) is 0 Å². The van der Waals surface area contributed by atoms with Crippen LogP contribution in [0.3, 0.4) is 0 Å². The number of aromatic hydroxyl groups is 2. The number of hydrogen-bond donors (Lipinski definition) is 5. The lowest BCUT2D eigenvalue weighted by molar-refractivity contribution is -0.178. The Morgan fingerprint density at radius 2 is 1.64 bits per heavy atom. The van der Waals surface area contributed by atoms with Crippen LogP contribution in [0, 0.1) is 0 Å². The van der Waals surface area contributed by atoms with Crippen LogP contribution in [0.4, 0.5) is 0 Å². The van der Waals surface area contributed by atoms with E-state index >= 15 is 0 Å². The number of carbonyl (C=O) groups is 3. The Bertz CT molecular complexity index is 1400. The molecule has 2 aliphatic carbocycles. The quantitative estimate of drug-likeness (QED) is 0.300. The molecule has 188 valence electrons. The Kier molecular flexibility index (Phi) is 4.52. The summed E-state index contributed by atoms with van der Waals surface area (Å²) in [6.45, 7) is 2.66. The van der Waals surface area contributed by atoms with Gasteiger partial charge in [-0.3, -0.25) is 14.4 Å². The van der Waals surface area contributed by atoms with Gasteiger partial charge in [-0.05, 0) is 13.8 Å². The van der Waals surface area contributed by atoms with Crippen molar-refractivity contribution in [2.24, 2.45) is 5.73 Å². The molecule has 6 atom stereocenters. The molecular weight excluding hydrogens is 470 g/mol. The third-order valence-corrected chi connectivity index (χ3v) is 8.43. The van der Waals surface area contributed by atoms with Crippen LogP contribution >= 0.6 is 0 Å².